The van der Waals surface area contributed by atoms with E-state index in [9.17, 15) is 0 Å². The molecule has 0 fully saturated rings. The minimum atomic E-state index is 0.659. The lowest BCUT2D eigenvalue weighted by Gasteiger charge is -2.01. The van der Waals surface area contributed by atoms with Crippen LogP contribution in [-0.2, 0) is 0 Å². The van der Waals surface area contributed by atoms with Crippen LogP contribution in [0, 0.1) is 0 Å². The number of allylic oxidation sites excluding steroid dienone is 4. The van der Waals surface area contributed by atoms with E-state index in [-0.39, 0.29) is 0 Å². The normalized spacial score (nSPS) is 10.4. The van der Waals surface area contributed by atoms with E-state index < -0.39 is 0 Å². The molecule has 0 spiro atoms. The minimum absolute atomic E-state index is 0.659. The summed E-state index contributed by atoms with van der Waals surface area (Å²) in [5, 5.41) is 0. The highest BCUT2D eigenvalue weighted by Gasteiger charge is 1.93. The maximum absolute atomic E-state index is 3.56. The summed E-state index contributed by atoms with van der Waals surface area (Å²) >= 11 is 0. The molecule has 0 aromatic heterocycles. The van der Waals surface area contributed by atoms with Crippen molar-refractivity contribution < 1.29 is 0 Å². The monoisotopic (exact) mass is 214 g/mol. The smallest absolute Gasteiger partial charge is 0.0219 e. The highest BCUT2D eigenvalue weighted by Crippen LogP contribution is 2.11. The van der Waals surface area contributed by atoms with Crippen LogP contribution in [0.5, 0.6) is 0 Å². The molecule has 0 nitrogen and oxygen atoms in total. The highest BCUT2D eigenvalue weighted by atomic mass is 14.0. The molecule has 1 rings (SSSR count). The Balaban J connectivity index is 0.000000293. The minimum Gasteiger partial charge on any atom is -0.0991 e. The maximum Gasteiger partial charge on any atom is -0.0219 e. The quantitative estimate of drug-likeness (QED) is 0.613. The molecular weight excluding hydrogens is 192 g/mol. The van der Waals surface area contributed by atoms with Crippen molar-refractivity contribution in [3.8, 4) is 0 Å². The molecule has 0 radical (unpaired) electrons. The zero-order chi connectivity index (χ0) is 12.4. The van der Waals surface area contributed by atoms with Crippen LogP contribution in [0.1, 0.15) is 32.3 Å². The summed E-state index contributed by atoms with van der Waals surface area (Å²) in [5.41, 5.74) is 2.56. The fraction of sp³-hybridized carbons (Fsp3) is 0.250. The summed E-state index contributed by atoms with van der Waals surface area (Å²) in [5.74, 6) is 0.659. The predicted octanol–water partition coefficient (Wildman–Crippen LogP) is 5.11. The van der Waals surface area contributed by atoms with Gasteiger partial charge in [0.1, 0.15) is 0 Å². The van der Waals surface area contributed by atoms with Gasteiger partial charge in [0.05, 0.1) is 0 Å². The first-order valence-corrected chi connectivity index (χ1v) is 5.58. The van der Waals surface area contributed by atoms with Crippen LogP contribution in [0.15, 0.2) is 67.3 Å². The Morgan fingerprint density at radius 3 is 1.94 bits per heavy atom. The Labute approximate surface area is 100 Å². The average molecular weight is 214 g/mol. The van der Waals surface area contributed by atoms with Crippen molar-refractivity contribution in [2.75, 3.05) is 0 Å². The van der Waals surface area contributed by atoms with Gasteiger partial charge in [-0.3, -0.25) is 0 Å². The zero-order valence-electron chi connectivity index (χ0n) is 10.6. The van der Waals surface area contributed by atoms with Crippen LogP contribution in [0.3, 0.4) is 0 Å². The molecule has 0 aliphatic heterocycles. The molecule has 0 bridgehead atoms. The van der Waals surface area contributed by atoms with Gasteiger partial charge in [0.25, 0.3) is 0 Å². The Kier molecular flexibility index (Phi) is 7.87. The Hall–Kier alpha value is -1.56. The lowest BCUT2D eigenvalue weighted by Crippen LogP contribution is -1.83. The van der Waals surface area contributed by atoms with Gasteiger partial charge >= 0.3 is 0 Å². The van der Waals surface area contributed by atoms with E-state index in [1.165, 1.54) is 5.56 Å². The van der Waals surface area contributed by atoms with Gasteiger partial charge in [-0.1, -0.05) is 81.1 Å². The van der Waals surface area contributed by atoms with Crippen LogP contribution >= 0.6 is 0 Å². The lowest BCUT2D eigenvalue weighted by molar-refractivity contribution is 0.867. The van der Waals surface area contributed by atoms with Crippen molar-refractivity contribution in [1.29, 1.82) is 0 Å². The first-order valence-electron chi connectivity index (χ1n) is 5.58. The van der Waals surface area contributed by atoms with Gasteiger partial charge in [0, 0.05) is 0 Å². The molecule has 16 heavy (non-hydrogen) atoms. The average Bonchev–Trinajstić information content (AvgIpc) is 2.31. The van der Waals surface area contributed by atoms with E-state index in [2.05, 4.69) is 51.3 Å². The Morgan fingerprint density at radius 2 is 1.69 bits per heavy atom. The fourth-order valence-electron chi connectivity index (χ4n) is 1.09. The third-order valence-corrected chi connectivity index (χ3v) is 2.17. The summed E-state index contributed by atoms with van der Waals surface area (Å²) in [4.78, 5) is 0. The van der Waals surface area contributed by atoms with Crippen LogP contribution in [0.2, 0.25) is 0 Å². The lowest BCUT2D eigenvalue weighted by atomic mass is 10.0. The molecule has 0 heteroatoms. The third-order valence-electron chi connectivity index (χ3n) is 2.17. The zero-order valence-corrected chi connectivity index (χ0v) is 10.6. The molecule has 0 unspecified atom stereocenters. The SMILES string of the molecule is C=C/C=C(/C)C=C.CC(C)c1ccccc1. The number of hydrogen-bond donors (Lipinski definition) is 0. The van der Waals surface area contributed by atoms with E-state index in [4.69, 9.17) is 0 Å². The molecule has 0 aliphatic carbocycles. The standard InChI is InChI=1S/C9H12.C7H10/c1-8(2)9-6-4-3-5-7-9;1-4-6-7(3)5-2/h3-8H,1-2H3;4-6H,1-2H2,3H3/b;7-6-. The van der Waals surface area contributed by atoms with Crippen molar-refractivity contribution in [2.24, 2.45) is 0 Å². The van der Waals surface area contributed by atoms with Gasteiger partial charge in [0.2, 0.25) is 0 Å². The maximum atomic E-state index is 3.56. The molecule has 1 aromatic rings. The molecule has 0 saturated carbocycles. The van der Waals surface area contributed by atoms with E-state index in [1.54, 1.807) is 12.2 Å². The Bertz CT molecular complexity index is 328. The van der Waals surface area contributed by atoms with Crippen molar-refractivity contribution in [2.45, 2.75) is 26.7 Å². The van der Waals surface area contributed by atoms with Gasteiger partial charge < -0.3 is 0 Å². The highest BCUT2D eigenvalue weighted by molar-refractivity contribution is 5.18. The largest absolute Gasteiger partial charge is 0.0991 e. The van der Waals surface area contributed by atoms with E-state index in [0.29, 0.717) is 5.92 Å². The van der Waals surface area contributed by atoms with Gasteiger partial charge in [-0.15, -0.1) is 0 Å². The van der Waals surface area contributed by atoms with E-state index >= 15 is 0 Å². The molecule has 86 valence electrons. The second kappa shape index (κ2) is 8.72. The van der Waals surface area contributed by atoms with Crippen LogP contribution in [0.25, 0.3) is 0 Å². The van der Waals surface area contributed by atoms with Gasteiger partial charge in [0.15, 0.2) is 0 Å². The van der Waals surface area contributed by atoms with E-state index in [1.807, 2.05) is 19.1 Å². The first kappa shape index (κ1) is 14.4. The van der Waals surface area contributed by atoms with Crippen LogP contribution in [-0.4, -0.2) is 0 Å². The number of benzene rings is 1. The van der Waals surface area contributed by atoms with Crippen LogP contribution < -0.4 is 0 Å². The topological polar surface area (TPSA) is 0 Å². The summed E-state index contributed by atoms with van der Waals surface area (Å²) in [7, 11) is 0. The molecule has 1 aromatic carbocycles. The molecule has 0 heterocycles. The van der Waals surface area contributed by atoms with Crippen molar-refractivity contribution in [1.82, 2.24) is 0 Å². The third kappa shape index (κ3) is 6.83. The van der Waals surface area contributed by atoms with Gasteiger partial charge in [-0.2, -0.15) is 0 Å². The molecule has 0 aliphatic rings. The predicted molar refractivity (Wildman–Crippen MR) is 74.7 cm³/mol. The summed E-state index contributed by atoms with van der Waals surface area (Å²) < 4.78 is 0. The summed E-state index contributed by atoms with van der Waals surface area (Å²) in [6.07, 6.45) is 5.45. The molecule has 0 atom stereocenters. The van der Waals surface area contributed by atoms with Crippen LogP contribution in [0.4, 0.5) is 0 Å². The first-order chi connectivity index (χ1) is 7.61. The molecule has 0 amide bonds. The molecule has 0 N–H and O–H groups in total. The number of rotatable bonds is 3. The van der Waals surface area contributed by atoms with Gasteiger partial charge in [-0.25, -0.2) is 0 Å². The van der Waals surface area contributed by atoms with E-state index in [0.717, 1.165) is 5.57 Å². The summed E-state index contributed by atoms with van der Waals surface area (Å²) in [6.45, 7) is 13.5. The second-order valence-electron chi connectivity index (χ2n) is 3.92. The number of hydrogen-bond acceptors (Lipinski definition) is 0. The fourth-order valence-corrected chi connectivity index (χ4v) is 1.09. The second-order valence-corrected chi connectivity index (χ2v) is 3.92. The summed E-state index contributed by atoms with van der Waals surface area (Å²) in [6, 6.07) is 10.5. The van der Waals surface area contributed by atoms with Crippen molar-refractivity contribution in [3.63, 3.8) is 0 Å². The molecular formula is C16H22. The van der Waals surface area contributed by atoms with Gasteiger partial charge in [-0.05, 0) is 18.4 Å². The van der Waals surface area contributed by atoms with Crippen molar-refractivity contribution >= 4 is 0 Å². The van der Waals surface area contributed by atoms with Crippen molar-refractivity contribution in [3.05, 3.63) is 72.9 Å². The Morgan fingerprint density at radius 1 is 1.12 bits per heavy atom. The molecule has 0 saturated heterocycles.